The van der Waals surface area contributed by atoms with Crippen LogP contribution in [0.1, 0.15) is 58.0 Å². The maximum absolute atomic E-state index is 13.0. The van der Waals surface area contributed by atoms with Crippen molar-refractivity contribution in [1.82, 2.24) is 25.4 Å². The number of carbonyl (C=O) groups excluding carboxylic acids is 3. The molecule has 1 atom stereocenters. The number of hydrogen-bond donors (Lipinski definition) is 4. The smallest absolute Gasteiger partial charge is 0.271 e. The van der Waals surface area contributed by atoms with E-state index in [9.17, 15) is 14.4 Å². The number of nitrogens with one attached hydrogen (secondary N) is 3. The number of rotatable bonds is 11. The fourth-order valence-electron chi connectivity index (χ4n) is 4.97. The van der Waals surface area contributed by atoms with Gasteiger partial charge in [0.1, 0.15) is 9.88 Å². The molecule has 0 spiro atoms. The van der Waals surface area contributed by atoms with Crippen LogP contribution in [0.3, 0.4) is 0 Å². The summed E-state index contributed by atoms with van der Waals surface area (Å²) in [7, 11) is 3.65. The van der Waals surface area contributed by atoms with Gasteiger partial charge in [-0.1, -0.05) is 6.07 Å². The number of methoxy groups -OCH3 is 1. The van der Waals surface area contributed by atoms with Gasteiger partial charge in [0, 0.05) is 24.6 Å². The van der Waals surface area contributed by atoms with Gasteiger partial charge in [0.2, 0.25) is 5.91 Å². The summed E-state index contributed by atoms with van der Waals surface area (Å²) in [6, 6.07) is 7.44. The van der Waals surface area contributed by atoms with E-state index in [2.05, 4.69) is 43.1 Å². The number of nitrogens with zero attached hydrogens (tertiary/aromatic N) is 4. The van der Waals surface area contributed by atoms with E-state index in [1.165, 1.54) is 30.9 Å². The number of nitrogens with two attached hydrogens (primary N) is 1. The Bertz CT molecular complexity index is 1470. The second-order valence-corrected chi connectivity index (χ2v) is 11.4. The van der Waals surface area contributed by atoms with E-state index >= 15 is 0 Å². The minimum absolute atomic E-state index is 0.0245. The lowest BCUT2D eigenvalue weighted by atomic mass is 10.1. The highest BCUT2D eigenvalue weighted by atomic mass is 32.1. The van der Waals surface area contributed by atoms with Crippen LogP contribution < -0.4 is 26.4 Å². The van der Waals surface area contributed by atoms with Gasteiger partial charge in [-0.05, 0) is 64.8 Å². The van der Waals surface area contributed by atoms with Crippen LogP contribution in [-0.2, 0) is 4.79 Å². The third kappa shape index (κ3) is 6.46. The number of aryl methyl sites for hydroxylation is 1. The van der Waals surface area contributed by atoms with Crippen LogP contribution in [0.5, 0.6) is 5.75 Å². The molecular weight excluding hydrogens is 544 g/mol. The summed E-state index contributed by atoms with van der Waals surface area (Å²) >= 11 is 1.29. The topological polar surface area (TPSA) is 164 Å². The summed E-state index contributed by atoms with van der Waals surface area (Å²) in [6.45, 7) is 3.52. The molecule has 1 aliphatic carbocycles. The van der Waals surface area contributed by atoms with Crippen molar-refractivity contribution in [2.75, 3.05) is 37.9 Å². The highest BCUT2D eigenvalue weighted by Gasteiger charge is 2.30. The lowest BCUT2D eigenvalue weighted by Crippen LogP contribution is -2.31. The monoisotopic (exact) mass is 578 g/mol. The Labute approximate surface area is 242 Å². The van der Waals surface area contributed by atoms with E-state index in [1.54, 1.807) is 6.07 Å². The molecule has 2 aliphatic rings. The van der Waals surface area contributed by atoms with Crippen molar-refractivity contribution in [2.24, 2.45) is 11.7 Å². The molecule has 2 aromatic heterocycles. The molecule has 3 heterocycles. The average molecular weight is 579 g/mol. The maximum Gasteiger partial charge on any atom is 0.271 e. The number of amides is 3. The van der Waals surface area contributed by atoms with Gasteiger partial charge in [-0.2, -0.15) is 0 Å². The quantitative estimate of drug-likeness (QED) is 0.267. The van der Waals surface area contributed by atoms with E-state index in [1.807, 2.05) is 19.1 Å². The van der Waals surface area contributed by atoms with Gasteiger partial charge in [-0.15, -0.1) is 21.5 Å². The van der Waals surface area contributed by atoms with Crippen molar-refractivity contribution in [2.45, 2.75) is 45.1 Å². The average Bonchev–Trinajstić information content (AvgIpc) is 3.62. The van der Waals surface area contributed by atoms with Crippen LogP contribution in [0.25, 0.3) is 10.6 Å². The van der Waals surface area contributed by atoms with Crippen LogP contribution in [0.15, 0.2) is 24.3 Å². The van der Waals surface area contributed by atoms with Gasteiger partial charge in [-0.25, -0.2) is 4.98 Å². The number of para-hydroxylation sites is 1. The van der Waals surface area contributed by atoms with Crippen molar-refractivity contribution in [3.05, 3.63) is 40.5 Å². The Kier molecular flexibility index (Phi) is 8.45. The largest absolute Gasteiger partial charge is 0.494 e. The fourth-order valence-corrected chi connectivity index (χ4v) is 5.98. The van der Waals surface area contributed by atoms with Crippen LogP contribution in [-0.4, -0.2) is 71.1 Å². The molecule has 0 radical (unpaired) electrons. The van der Waals surface area contributed by atoms with Crippen molar-refractivity contribution in [3.63, 3.8) is 0 Å². The summed E-state index contributed by atoms with van der Waals surface area (Å²) in [6.07, 6.45) is 4.95. The normalized spacial score (nSPS) is 16.8. The zero-order valence-corrected chi connectivity index (χ0v) is 24.1. The highest BCUT2D eigenvalue weighted by molar-refractivity contribution is 7.17. The Balaban J connectivity index is 1.36. The molecule has 12 nitrogen and oxygen atoms in total. The van der Waals surface area contributed by atoms with Crippen LogP contribution in [0.4, 0.5) is 17.2 Å². The number of likely N-dealkylation sites (tertiary alicyclic amines) is 1. The van der Waals surface area contributed by atoms with Gasteiger partial charge < -0.3 is 31.3 Å². The second kappa shape index (κ2) is 12.2. The molecule has 41 heavy (non-hydrogen) atoms. The number of ether oxygens (including phenoxy) is 1. The zero-order chi connectivity index (χ0) is 29.1. The van der Waals surface area contributed by atoms with Crippen molar-refractivity contribution in [3.8, 4) is 16.3 Å². The van der Waals surface area contributed by atoms with Gasteiger partial charge in [0.15, 0.2) is 17.3 Å². The molecule has 1 unspecified atom stereocenters. The molecule has 216 valence electrons. The first kappa shape index (κ1) is 28.4. The summed E-state index contributed by atoms with van der Waals surface area (Å²) in [5.74, 6) is -0.426. The van der Waals surface area contributed by atoms with Crippen LogP contribution in [0.2, 0.25) is 0 Å². The summed E-state index contributed by atoms with van der Waals surface area (Å²) in [5, 5.41) is 17.4. The fraction of sp³-hybridized carbons (Fsp3) is 0.429. The molecule has 1 aliphatic heterocycles. The number of anilines is 3. The standard InChI is InChI=1S/C28H34N8O4S/c1-15-24(27(39)30-12-11-17-6-5-13-36(17)2)41-28(31-15)18-7-4-8-19(23(18)40-3)32-20-14-21(33-26(38)16-9-10-16)34-35-22(20)25(29)37/h4,7-8,14,16-17H,5-6,9-13H2,1-3H3,(H2,29,37)(H,30,39)(H2,32,33,34,38). The molecule has 2 fully saturated rings. The van der Waals surface area contributed by atoms with Gasteiger partial charge in [-0.3, -0.25) is 14.4 Å². The number of aromatic nitrogens is 3. The van der Waals surface area contributed by atoms with Crippen molar-refractivity contribution >= 4 is 46.3 Å². The van der Waals surface area contributed by atoms with E-state index in [0.29, 0.717) is 45.2 Å². The SMILES string of the molecule is COc1c(Nc2cc(NC(=O)C3CC3)nnc2C(N)=O)cccc1-c1nc(C)c(C(=O)NCCC2CCCN2C)s1. The Hall–Kier alpha value is -4.10. The predicted octanol–water partition coefficient (Wildman–Crippen LogP) is 3.32. The van der Waals surface area contributed by atoms with E-state index in [-0.39, 0.29) is 34.9 Å². The molecule has 5 rings (SSSR count). The second-order valence-electron chi connectivity index (χ2n) is 10.4. The third-order valence-electron chi connectivity index (χ3n) is 7.38. The summed E-state index contributed by atoms with van der Waals surface area (Å²) in [4.78, 5) is 44.9. The lowest BCUT2D eigenvalue weighted by molar-refractivity contribution is -0.117. The van der Waals surface area contributed by atoms with Crippen molar-refractivity contribution in [1.29, 1.82) is 0 Å². The third-order valence-corrected chi connectivity index (χ3v) is 8.57. The number of carbonyl (C=O) groups is 3. The first-order chi connectivity index (χ1) is 19.7. The number of benzene rings is 1. The molecule has 3 amide bonds. The zero-order valence-electron chi connectivity index (χ0n) is 23.3. The van der Waals surface area contributed by atoms with Crippen molar-refractivity contribution < 1.29 is 19.1 Å². The maximum atomic E-state index is 13.0. The first-order valence-electron chi connectivity index (χ1n) is 13.6. The van der Waals surface area contributed by atoms with Gasteiger partial charge in [0.25, 0.3) is 11.8 Å². The Morgan fingerprint density at radius 2 is 1.98 bits per heavy atom. The number of primary amides is 1. The molecule has 3 aromatic rings. The van der Waals surface area contributed by atoms with Gasteiger partial charge in [0.05, 0.1) is 29.7 Å². The molecule has 5 N–H and O–H groups in total. The molecule has 13 heteroatoms. The Morgan fingerprint density at radius 3 is 2.66 bits per heavy atom. The van der Waals surface area contributed by atoms with E-state index in [4.69, 9.17) is 10.5 Å². The first-order valence-corrected chi connectivity index (χ1v) is 14.5. The molecule has 0 bridgehead atoms. The molecular formula is C28H34N8O4S. The Morgan fingerprint density at radius 1 is 1.17 bits per heavy atom. The summed E-state index contributed by atoms with van der Waals surface area (Å²) < 4.78 is 5.76. The predicted molar refractivity (Wildman–Crippen MR) is 157 cm³/mol. The van der Waals surface area contributed by atoms with E-state index in [0.717, 1.165) is 32.2 Å². The van der Waals surface area contributed by atoms with Crippen LogP contribution >= 0.6 is 11.3 Å². The number of hydrogen-bond acceptors (Lipinski definition) is 10. The van der Waals surface area contributed by atoms with E-state index < -0.39 is 5.91 Å². The minimum Gasteiger partial charge on any atom is -0.494 e. The lowest BCUT2D eigenvalue weighted by Gasteiger charge is -2.19. The minimum atomic E-state index is -0.777. The summed E-state index contributed by atoms with van der Waals surface area (Å²) in [5.41, 5.74) is 7.53. The molecule has 1 aromatic carbocycles. The molecule has 1 saturated carbocycles. The number of thiazole rings is 1. The van der Waals surface area contributed by atoms with Gasteiger partial charge >= 0.3 is 0 Å². The van der Waals surface area contributed by atoms with Crippen LogP contribution in [0, 0.1) is 12.8 Å². The highest BCUT2D eigenvalue weighted by Crippen LogP contribution is 2.40. The molecule has 1 saturated heterocycles.